The molecule has 2 aliphatic rings. The molecule has 0 saturated carbocycles. The summed E-state index contributed by atoms with van der Waals surface area (Å²) in [7, 11) is 0. The van der Waals surface area contributed by atoms with E-state index in [-0.39, 0.29) is 5.91 Å². The molecule has 80 valence electrons. The van der Waals surface area contributed by atoms with E-state index in [1.807, 2.05) is 41.3 Å². The van der Waals surface area contributed by atoms with Gasteiger partial charge in [-0.05, 0) is 11.6 Å². The van der Waals surface area contributed by atoms with Crippen LogP contribution in [0.1, 0.15) is 5.56 Å². The quantitative estimate of drug-likeness (QED) is 0.691. The lowest BCUT2D eigenvalue weighted by Crippen LogP contribution is -2.20. The summed E-state index contributed by atoms with van der Waals surface area (Å²) in [5.41, 5.74) is 1.74. The first kappa shape index (κ1) is 9.66. The van der Waals surface area contributed by atoms with Crippen molar-refractivity contribution >= 4 is 28.9 Å². The van der Waals surface area contributed by atoms with E-state index in [1.54, 1.807) is 11.8 Å². The molecule has 3 rings (SSSR count). The van der Waals surface area contributed by atoms with Gasteiger partial charge in [0.25, 0.3) is 5.91 Å². The second kappa shape index (κ2) is 3.79. The van der Waals surface area contributed by atoms with Gasteiger partial charge in [-0.3, -0.25) is 4.79 Å². The van der Waals surface area contributed by atoms with Crippen molar-refractivity contribution < 1.29 is 4.79 Å². The van der Waals surface area contributed by atoms with E-state index in [1.165, 1.54) is 0 Å². The van der Waals surface area contributed by atoms with Crippen LogP contribution in [0.3, 0.4) is 0 Å². The standard InChI is InChI=1S/C12H10N2OS/c15-11-10(8-9-4-2-1-3-5-9)14-6-7-16-12(14)13-11/h1-5,8H,6-7H2/b10-8-. The van der Waals surface area contributed by atoms with Crippen LogP contribution in [0.25, 0.3) is 6.08 Å². The lowest BCUT2D eigenvalue weighted by atomic mass is 10.2. The second-order valence-electron chi connectivity index (χ2n) is 3.64. The summed E-state index contributed by atoms with van der Waals surface area (Å²) < 4.78 is 0. The molecule has 0 unspecified atom stereocenters. The molecule has 2 aliphatic heterocycles. The summed E-state index contributed by atoms with van der Waals surface area (Å²) in [6, 6.07) is 9.87. The van der Waals surface area contributed by atoms with Crippen molar-refractivity contribution in [3.05, 3.63) is 41.6 Å². The van der Waals surface area contributed by atoms with Gasteiger partial charge in [-0.1, -0.05) is 42.1 Å². The first-order chi connectivity index (χ1) is 7.84. The third kappa shape index (κ3) is 1.55. The number of thioether (sulfide) groups is 1. The Morgan fingerprint density at radius 3 is 2.94 bits per heavy atom. The number of amides is 1. The highest BCUT2D eigenvalue weighted by Gasteiger charge is 2.33. The lowest BCUT2D eigenvalue weighted by Gasteiger charge is -2.11. The normalized spacial score (nSPS) is 21.5. The van der Waals surface area contributed by atoms with Gasteiger partial charge in [0.1, 0.15) is 5.70 Å². The van der Waals surface area contributed by atoms with E-state index in [0.717, 1.165) is 23.0 Å². The van der Waals surface area contributed by atoms with Crippen molar-refractivity contribution in [3.8, 4) is 0 Å². The highest BCUT2D eigenvalue weighted by Crippen LogP contribution is 2.29. The van der Waals surface area contributed by atoms with Gasteiger partial charge in [-0.15, -0.1) is 0 Å². The SMILES string of the molecule is O=C1N=C2SCCN2/C1=C\c1ccccc1. The van der Waals surface area contributed by atoms with Crippen molar-refractivity contribution in [2.24, 2.45) is 4.99 Å². The maximum absolute atomic E-state index is 11.7. The van der Waals surface area contributed by atoms with Crippen LogP contribution < -0.4 is 0 Å². The van der Waals surface area contributed by atoms with Gasteiger partial charge < -0.3 is 4.90 Å². The van der Waals surface area contributed by atoms with Crippen LogP contribution in [0.2, 0.25) is 0 Å². The average molecular weight is 230 g/mol. The molecule has 0 aliphatic carbocycles. The number of aliphatic imine (C=N–C) groups is 1. The Hall–Kier alpha value is -1.55. The largest absolute Gasteiger partial charge is 0.315 e. The van der Waals surface area contributed by atoms with E-state index >= 15 is 0 Å². The first-order valence-electron chi connectivity index (χ1n) is 5.15. The molecule has 4 heteroatoms. The maximum atomic E-state index is 11.7. The summed E-state index contributed by atoms with van der Waals surface area (Å²) in [5.74, 6) is 0.893. The van der Waals surface area contributed by atoms with Crippen molar-refractivity contribution in [2.45, 2.75) is 0 Å². The Morgan fingerprint density at radius 2 is 2.12 bits per heavy atom. The zero-order valence-electron chi connectivity index (χ0n) is 8.59. The molecule has 0 bridgehead atoms. The summed E-state index contributed by atoms with van der Waals surface area (Å²) >= 11 is 1.65. The van der Waals surface area contributed by atoms with Gasteiger partial charge in [0.15, 0.2) is 5.17 Å². The molecule has 1 aromatic rings. The van der Waals surface area contributed by atoms with Crippen molar-refractivity contribution in [1.82, 2.24) is 4.90 Å². The number of carbonyl (C=O) groups is 1. The van der Waals surface area contributed by atoms with Gasteiger partial charge in [0, 0.05) is 12.3 Å². The molecule has 1 aromatic carbocycles. The van der Waals surface area contributed by atoms with Crippen molar-refractivity contribution in [2.75, 3.05) is 12.3 Å². The molecular formula is C12H10N2OS. The van der Waals surface area contributed by atoms with Crippen LogP contribution in [0.15, 0.2) is 41.0 Å². The Morgan fingerprint density at radius 1 is 1.31 bits per heavy atom. The second-order valence-corrected chi connectivity index (χ2v) is 4.70. The predicted octanol–water partition coefficient (Wildman–Crippen LogP) is 1.97. The molecular weight excluding hydrogens is 220 g/mol. The fraction of sp³-hybridized carbons (Fsp3) is 0.167. The number of benzene rings is 1. The summed E-state index contributed by atoms with van der Waals surface area (Å²) in [5, 5.41) is 0.854. The molecule has 0 aromatic heterocycles. The van der Waals surface area contributed by atoms with Crippen LogP contribution in [-0.2, 0) is 4.79 Å². The topological polar surface area (TPSA) is 32.7 Å². The zero-order chi connectivity index (χ0) is 11.0. The van der Waals surface area contributed by atoms with E-state index in [9.17, 15) is 4.79 Å². The number of hydrogen-bond donors (Lipinski definition) is 0. The highest BCUT2D eigenvalue weighted by atomic mass is 32.2. The number of amidine groups is 1. The molecule has 1 saturated heterocycles. The zero-order valence-corrected chi connectivity index (χ0v) is 9.41. The van der Waals surface area contributed by atoms with E-state index < -0.39 is 0 Å². The molecule has 1 fully saturated rings. The maximum Gasteiger partial charge on any atom is 0.296 e. The van der Waals surface area contributed by atoms with Gasteiger partial charge in [-0.25, -0.2) is 0 Å². The van der Waals surface area contributed by atoms with Crippen LogP contribution >= 0.6 is 11.8 Å². The van der Waals surface area contributed by atoms with Gasteiger partial charge in [-0.2, -0.15) is 4.99 Å². The molecule has 16 heavy (non-hydrogen) atoms. The molecule has 1 amide bonds. The van der Waals surface area contributed by atoms with Crippen LogP contribution in [-0.4, -0.2) is 28.3 Å². The molecule has 2 heterocycles. The highest BCUT2D eigenvalue weighted by molar-refractivity contribution is 8.14. The van der Waals surface area contributed by atoms with Gasteiger partial charge in [0.2, 0.25) is 0 Å². The Balaban J connectivity index is 1.97. The lowest BCUT2D eigenvalue weighted by molar-refractivity contribution is -0.114. The third-order valence-electron chi connectivity index (χ3n) is 2.59. The smallest absolute Gasteiger partial charge is 0.296 e. The fourth-order valence-electron chi connectivity index (χ4n) is 1.82. The Bertz CT molecular complexity index is 493. The molecule has 0 N–H and O–H groups in total. The predicted molar refractivity (Wildman–Crippen MR) is 66.0 cm³/mol. The summed E-state index contributed by atoms with van der Waals surface area (Å²) in [4.78, 5) is 17.7. The van der Waals surface area contributed by atoms with Crippen molar-refractivity contribution in [1.29, 1.82) is 0 Å². The number of rotatable bonds is 1. The number of fused-ring (bicyclic) bond motifs is 1. The molecule has 0 radical (unpaired) electrons. The summed E-state index contributed by atoms with van der Waals surface area (Å²) in [6.07, 6.45) is 1.91. The van der Waals surface area contributed by atoms with Crippen molar-refractivity contribution in [3.63, 3.8) is 0 Å². The number of carbonyl (C=O) groups excluding carboxylic acids is 1. The Labute approximate surface area is 97.9 Å². The fourth-order valence-corrected chi connectivity index (χ4v) is 2.77. The van der Waals surface area contributed by atoms with Gasteiger partial charge >= 0.3 is 0 Å². The summed E-state index contributed by atoms with van der Waals surface area (Å²) in [6.45, 7) is 0.883. The van der Waals surface area contributed by atoms with Crippen LogP contribution in [0.5, 0.6) is 0 Å². The van der Waals surface area contributed by atoms with Crippen LogP contribution in [0.4, 0.5) is 0 Å². The first-order valence-corrected chi connectivity index (χ1v) is 6.13. The minimum atomic E-state index is -0.119. The van der Waals surface area contributed by atoms with Gasteiger partial charge in [0.05, 0.1) is 0 Å². The number of nitrogens with zero attached hydrogens (tertiary/aromatic N) is 2. The third-order valence-corrected chi connectivity index (χ3v) is 3.54. The molecule has 0 spiro atoms. The Kier molecular flexibility index (Phi) is 2.29. The van der Waals surface area contributed by atoms with E-state index in [0.29, 0.717) is 5.70 Å². The van der Waals surface area contributed by atoms with Crippen LogP contribution in [0, 0.1) is 0 Å². The average Bonchev–Trinajstić information content (AvgIpc) is 2.84. The minimum absolute atomic E-state index is 0.119. The number of hydrogen-bond acceptors (Lipinski definition) is 3. The van der Waals surface area contributed by atoms with E-state index in [2.05, 4.69) is 4.99 Å². The van der Waals surface area contributed by atoms with E-state index in [4.69, 9.17) is 0 Å². The molecule has 0 atom stereocenters. The monoisotopic (exact) mass is 230 g/mol. The minimum Gasteiger partial charge on any atom is -0.315 e. The molecule has 3 nitrogen and oxygen atoms in total.